The Hall–Kier alpha value is -3.98. The van der Waals surface area contributed by atoms with Crippen molar-refractivity contribution in [3.63, 3.8) is 0 Å². The summed E-state index contributed by atoms with van der Waals surface area (Å²) in [6, 6.07) is 22.5. The number of fused-ring (bicyclic) bond motifs is 13. The van der Waals surface area contributed by atoms with Gasteiger partial charge < -0.3 is 14.2 Å². The fourth-order valence-corrected chi connectivity index (χ4v) is 6.86. The highest BCUT2D eigenvalue weighted by Crippen LogP contribution is 2.58. The van der Waals surface area contributed by atoms with Crippen LogP contribution in [0.2, 0.25) is 0 Å². The third kappa shape index (κ3) is 2.09. The summed E-state index contributed by atoms with van der Waals surface area (Å²) in [5.74, 6) is 0. The molecule has 4 aliphatic heterocycles. The highest BCUT2D eigenvalue weighted by Gasteiger charge is 2.55. The lowest BCUT2D eigenvalue weighted by atomic mass is 9.73. The number of benzene rings is 3. The predicted octanol–water partition coefficient (Wildman–Crippen LogP) is 6.88. The molecule has 2 unspecified atom stereocenters. The third-order valence-corrected chi connectivity index (χ3v) is 8.15. The smallest absolute Gasteiger partial charge is 0.141 e. The van der Waals surface area contributed by atoms with Gasteiger partial charge in [-0.1, -0.05) is 78.9 Å². The summed E-state index contributed by atoms with van der Waals surface area (Å²) in [5, 5.41) is 2.38. The van der Waals surface area contributed by atoms with Crippen molar-refractivity contribution in [1.82, 2.24) is 9.80 Å². The SMILES string of the molecule is CC1C=CC=C2c3ccccc3[C@@]3(CN4C=CC=CC4c4c3ccc3c4oc4ccccc43)N21. The summed E-state index contributed by atoms with van der Waals surface area (Å²) >= 11 is 0. The Kier molecular flexibility index (Phi) is 3.43. The maximum absolute atomic E-state index is 6.62. The van der Waals surface area contributed by atoms with Crippen LogP contribution in [0.25, 0.3) is 27.6 Å². The second-order valence-electron chi connectivity index (χ2n) is 9.80. The average Bonchev–Trinajstić information content (AvgIpc) is 3.39. The van der Waals surface area contributed by atoms with Gasteiger partial charge in [0.05, 0.1) is 12.6 Å². The van der Waals surface area contributed by atoms with Gasteiger partial charge in [-0.2, -0.15) is 0 Å². The Bertz CT molecular complexity index is 1630. The van der Waals surface area contributed by atoms with Gasteiger partial charge in [0.2, 0.25) is 0 Å². The molecule has 164 valence electrons. The minimum atomic E-state index is -0.291. The maximum Gasteiger partial charge on any atom is 0.141 e. The molecule has 4 aromatic rings. The number of allylic oxidation sites excluding steroid dienone is 4. The highest BCUT2D eigenvalue weighted by molar-refractivity contribution is 6.06. The highest BCUT2D eigenvalue weighted by atomic mass is 16.3. The first-order chi connectivity index (χ1) is 16.8. The zero-order valence-corrected chi connectivity index (χ0v) is 19.0. The molecule has 0 bridgehead atoms. The van der Waals surface area contributed by atoms with Crippen LogP contribution in [0, 0.1) is 0 Å². The van der Waals surface area contributed by atoms with Crippen LogP contribution in [-0.2, 0) is 5.54 Å². The second-order valence-corrected chi connectivity index (χ2v) is 9.80. The molecule has 1 spiro atoms. The Labute approximate surface area is 198 Å². The van der Waals surface area contributed by atoms with Gasteiger partial charge in [0.1, 0.15) is 16.7 Å². The molecule has 8 rings (SSSR count). The van der Waals surface area contributed by atoms with E-state index in [2.05, 4.69) is 120 Å². The molecule has 5 heterocycles. The van der Waals surface area contributed by atoms with E-state index >= 15 is 0 Å². The van der Waals surface area contributed by atoms with Crippen molar-refractivity contribution in [2.75, 3.05) is 6.54 Å². The van der Waals surface area contributed by atoms with Crippen molar-refractivity contribution in [3.8, 4) is 0 Å². The molecule has 0 N–H and O–H groups in total. The first kappa shape index (κ1) is 18.4. The van der Waals surface area contributed by atoms with Gasteiger partial charge in [0, 0.05) is 39.8 Å². The normalized spacial score (nSPS) is 26.1. The summed E-state index contributed by atoms with van der Waals surface area (Å²) in [6.45, 7) is 3.21. The summed E-state index contributed by atoms with van der Waals surface area (Å²) in [6.07, 6.45) is 15.7. The lowest BCUT2D eigenvalue weighted by Gasteiger charge is -2.53. The number of para-hydroxylation sites is 1. The minimum Gasteiger partial charge on any atom is -0.456 e. The molecular formula is C31H24N2O. The first-order valence-electron chi connectivity index (χ1n) is 12.1. The summed E-state index contributed by atoms with van der Waals surface area (Å²) in [7, 11) is 0. The predicted molar refractivity (Wildman–Crippen MR) is 137 cm³/mol. The Morgan fingerprint density at radius 2 is 1.74 bits per heavy atom. The monoisotopic (exact) mass is 440 g/mol. The second kappa shape index (κ2) is 6.32. The summed E-state index contributed by atoms with van der Waals surface area (Å²) < 4.78 is 6.62. The average molecular weight is 441 g/mol. The number of hydrogen-bond donors (Lipinski definition) is 0. The van der Waals surface area contributed by atoms with Crippen molar-refractivity contribution in [2.45, 2.75) is 24.5 Å². The number of rotatable bonds is 0. The molecule has 0 saturated heterocycles. The zero-order valence-electron chi connectivity index (χ0n) is 19.0. The minimum absolute atomic E-state index is 0.158. The fourth-order valence-electron chi connectivity index (χ4n) is 6.86. The van der Waals surface area contributed by atoms with E-state index in [1.807, 2.05) is 0 Å². The topological polar surface area (TPSA) is 19.6 Å². The van der Waals surface area contributed by atoms with Gasteiger partial charge in [-0.05, 0) is 36.3 Å². The van der Waals surface area contributed by atoms with E-state index in [9.17, 15) is 0 Å². The molecule has 0 fully saturated rings. The van der Waals surface area contributed by atoms with Crippen LogP contribution in [-0.4, -0.2) is 22.4 Å². The first-order valence-corrected chi connectivity index (χ1v) is 12.1. The van der Waals surface area contributed by atoms with E-state index in [1.54, 1.807) is 0 Å². The van der Waals surface area contributed by atoms with Crippen molar-refractivity contribution >= 4 is 27.6 Å². The van der Waals surface area contributed by atoms with E-state index in [1.165, 1.54) is 38.7 Å². The molecule has 3 nitrogen and oxygen atoms in total. The molecule has 3 atom stereocenters. The number of furan rings is 1. The van der Waals surface area contributed by atoms with Crippen LogP contribution < -0.4 is 0 Å². The van der Waals surface area contributed by atoms with E-state index in [0.717, 1.165) is 17.7 Å². The zero-order chi connectivity index (χ0) is 22.4. The van der Waals surface area contributed by atoms with Crippen molar-refractivity contribution in [1.29, 1.82) is 0 Å². The van der Waals surface area contributed by atoms with E-state index in [-0.39, 0.29) is 17.6 Å². The number of hydrogen-bond acceptors (Lipinski definition) is 3. The number of nitrogens with zero attached hydrogens (tertiary/aromatic N) is 2. The van der Waals surface area contributed by atoms with E-state index in [4.69, 9.17) is 4.42 Å². The summed E-state index contributed by atoms with van der Waals surface area (Å²) in [5.41, 5.74) is 8.37. The van der Waals surface area contributed by atoms with Gasteiger partial charge in [-0.25, -0.2) is 0 Å². The molecular weight excluding hydrogens is 416 g/mol. The van der Waals surface area contributed by atoms with Crippen LogP contribution in [0.5, 0.6) is 0 Å². The molecule has 4 aliphatic rings. The summed E-state index contributed by atoms with van der Waals surface area (Å²) in [4.78, 5) is 5.15. The maximum atomic E-state index is 6.62. The molecule has 1 aromatic heterocycles. The molecule has 0 amide bonds. The Morgan fingerprint density at radius 1 is 0.853 bits per heavy atom. The molecule has 34 heavy (non-hydrogen) atoms. The van der Waals surface area contributed by atoms with Crippen molar-refractivity contribution < 1.29 is 4.42 Å². The van der Waals surface area contributed by atoms with Crippen molar-refractivity contribution in [2.24, 2.45) is 0 Å². The van der Waals surface area contributed by atoms with Crippen molar-refractivity contribution in [3.05, 3.63) is 126 Å². The molecule has 3 aromatic carbocycles. The molecule has 3 heteroatoms. The van der Waals surface area contributed by atoms with E-state index < -0.39 is 0 Å². The van der Waals surface area contributed by atoms with Crippen LogP contribution in [0.15, 0.2) is 108 Å². The quantitative estimate of drug-likeness (QED) is 0.297. The fraction of sp³-hybridized carbons (Fsp3) is 0.161. The van der Waals surface area contributed by atoms with Crippen LogP contribution in [0.1, 0.15) is 35.2 Å². The standard InChI is InChI=1S/C31H24N2O/c1-20-9-8-14-26-23-11-2-4-12-24(23)31(33(20)26)19-32-18-7-6-13-27(32)29-25(31)17-16-22-21-10-3-5-15-28(21)34-30(22)29/h2-18,20,27H,19H2,1H3/t20?,27?,31-/m1/s1. The van der Waals surface area contributed by atoms with Gasteiger partial charge >= 0.3 is 0 Å². The Morgan fingerprint density at radius 3 is 2.71 bits per heavy atom. The third-order valence-electron chi connectivity index (χ3n) is 8.15. The van der Waals surface area contributed by atoms with E-state index in [0.29, 0.717) is 0 Å². The van der Waals surface area contributed by atoms with Gasteiger partial charge in [0.15, 0.2) is 0 Å². The van der Waals surface area contributed by atoms with Gasteiger partial charge in [-0.15, -0.1) is 0 Å². The molecule has 0 aliphatic carbocycles. The Balaban J connectivity index is 1.53. The van der Waals surface area contributed by atoms with Crippen LogP contribution >= 0.6 is 0 Å². The van der Waals surface area contributed by atoms with Crippen LogP contribution in [0.4, 0.5) is 0 Å². The van der Waals surface area contributed by atoms with Gasteiger partial charge in [0.25, 0.3) is 0 Å². The van der Waals surface area contributed by atoms with Crippen LogP contribution in [0.3, 0.4) is 0 Å². The van der Waals surface area contributed by atoms with Gasteiger partial charge in [-0.3, -0.25) is 0 Å². The largest absolute Gasteiger partial charge is 0.456 e. The lowest BCUT2D eigenvalue weighted by Crippen LogP contribution is -2.56. The molecule has 0 saturated carbocycles. The molecule has 0 radical (unpaired) electrons. The lowest BCUT2D eigenvalue weighted by molar-refractivity contribution is 0.113.